The largest absolute Gasteiger partial charge is 0.503 e. The number of carbonyl (C=O) groups excluding carboxylic acids is 1. The molecule has 2 aromatic carbocycles. The topological polar surface area (TPSA) is 92.9 Å². The highest BCUT2D eigenvalue weighted by Crippen LogP contribution is 2.33. The van der Waals surface area contributed by atoms with Crippen molar-refractivity contribution >= 4 is 16.8 Å². The molecule has 4 aromatic rings. The van der Waals surface area contributed by atoms with E-state index in [1.807, 2.05) is 10.7 Å². The number of nitrogens with one attached hydrogen (secondary N) is 1. The first-order chi connectivity index (χ1) is 16.5. The Morgan fingerprint density at radius 3 is 2.50 bits per heavy atom. The molecule has 174 valence electrons. The number of aromatic nitrogens is 4. The predicted molar refractivity (Wildman–Crippen MR) is 122 cm³/mol. The van der Waals surface area contributed by atoms with Gasteiger partial charge in [-0.05, 0) is 61.4 Å². The van der Waals surface area contributed by atoms with Gasteiger partial charge >= 0.3 is 0 Å². The molecule has 5 rings (SSSR count). The number of carbonyl (C=O) groups is 1. The number of amides is 1. The quantitative estimate of drug-likeness (QED) is 0.450. The molecule has 1 aliphatic rings. The molecule has 2 aromatic heterocycles. The summed E-state index contributed by atoms with van der Waals surface area (Å²) in [5.74, 6) is -3.66. The van der Waals surface area contributed by atoms with Crippen molar-refractivity contribution < 1.29 is 18.7 Å². The number of nitrogens with zero attached hydrogens (tertiary/aromatic N) is 4. The van der Waals surface area contributed by atoms with Crippen LogP contribution in [-0.4, -0.2) is 37.5 Å². The first-order valence-electron chi connectivity index (χ1n) is 11.2. The Bertz CT molecular complexity index is 1310. The normalized spacial score (nSPS) is 18.2. The number of rotatable bonds is 5. The maximum absolute atomic E-state index is 13.5. The van der Waals surface area contributed by atoms with Crippen molar-refractivity contribution in [2.24, 2.45) is 5.92 Å². The third kappa shape index (κ3) is 4.46. The van der Waals surface area contributed by atoms with Gasteiger partial charge in [0.15, 0.2) is 17.4 Å². The second kappa shape index (κ2) is 9.17. The SMILES string of the molecule is O=C(NC[C@H]1CC[C@H](n2cc3ccc(-c4ccnnc4)cc3n2)CC1)c1cc(F)c(O)c(F)c1. The lowest BCUT2D eigenvalue weighted by Crippen LogP contribution is -2.31. The maximum Gasteiger partial charge on any atom is 0.251 e. The van der Waals surface area contributed by atoms with E-state index in [1.165, 1.54) is 0 Å². The van der Waals surface area contributed by atoms with Crippen molar-refractivity contribution in [1.29, 1.82) is 0 Å². The third-order valence-corrected chi connectivity index (χ3v) is 6.46. The van der Waals surface area contributed by atoms with E-state index in [9.17, 15) is 18.7 Å². The summed E-state index contributed by atoms with van der Waals surface area (Å²) in [6.45, 7) is 0.431. The molecule has 1 amide bonds. The fourth-order valence-corrected chi connectivity index (χ4v) is 4.51. The molecule has 1 fully saturated rings. The van der Waals surface area contributed by atoms with Gasteiger partial charge in [0.2, 0.25) is 0 Å². The molecule has 0 spiro atoms. The number of hydrogen-bond acceptors (Lipinski definition) is 5. The summed E-state index contributed by atoms with van der Waals surface area (Å²) in [6.07, 6.45) is 9.15. The standard InChI is InChI=1S/C25H23F2N5O2/c26-21-9-19(10-22(27)24(21)33)25(34)28-12-15-1-5-20(6-2-15)32-14-18-4-3-16(11-23(18)31-32)17-7-8-29-30-13-17/h3-4,7-11,13-15,20,33H,1-2,5-6,12H2,(H,28,34)/t15-,20-. The number of benzene rings is 2. The minimum Gasteiger partial charge on any atom is -0.503 e. The van der Waals surface area contributed by atoms with Crippen molar-refractivity contribution in [3.05, 3.63) is 72.2 Å². The molecule has 2 heterocycles. The van der Waals surface area contributed by atoms with Gasteiger partial charge in [-0.1, -0.05) is 12.1 Å². The Kier molecular flexibility index (Phi) is 5.91. The van der Waals surface area contributed by atoms with Gasteiger partial charge in [0.1, 0.15) is 0 Å². The van der Waals surface area contributed by atoms with Gasteiger partial charge in [0.25, 0.3) is 5.91 Å². The molecule has 34 heavy (non-hydrogen) atoms. The van der Waals surface area contributed by atoms with Crippen LogP contribution in [0.15, 0.2) is 55.0 Å². The van der Waals surface area contributed by atoms with Gasteiger partial charge in [-0.3, -0.25) is 9.48 Å². The Labute approximate surface area is 194 Å². The van der Waals surface area contributed by atoms with Crippen LogP contribution in [0.2, 0.25) is 0 Å². The first-order valence-corrected chi connectivity index (χ1v) is 11.2. The van der Waals surface area contributed by atoms with Crippen LogP contribution in [0.25, 0.3) is 22.0 Å². The van der Waals surface area contributed by atoms with Crippen molar-refractivity contribution in [3.63, 3.8) is 0 Å². The van der Waals surface area contributed by atoms with Crippen molar-refractivity contribution in [3.8, 4) is 16.9 Å². The molecule has 0 radical (unpaired) electrons. The number of halogens is 2. The van der Waals surface area contributed by atoms with E-state index >= 15 is 0 Å². The van der Waals surface area contributed by atoms with E-state index in [1.54, 1.807) is 12.4 Å². The minimum absolute atomic E-state index is 0.147. The Hall–Kier alpha value is -3.88. The molecular formula is C25H23F2N5O2. The second-order valence-corrected chi connectivity index (χ2v) is 8.69. The zero-order valence-electron chi connectivity index (χ0n) is 18.3. The van der Waals surface area contributed by atoms with Crippen LogP contribution in [0.3, 0.4) is 0 Å². The van der Waals surface area contributed by atoms with Gasteiger partial charge in [-0.15, -0.1) is 0 Å². The Balaban J connectivity index is 1.18. The smallest absolute Gasteiger partial charge is 0.251 e. The molecule has 0 aliphatic heterocycles. The highest BCUT2D eigenvalue weighted by Gasteiger charge is 2.24. The van der Waals surface area contributed by atoms with Crippen LogP contribution in [0, 0.1) is 17.6 Å². The summed E-state index contributed by atoms with van der Waals surface area (Å²) in [7, 11) is 0. The fourth-order valence-electron chi connectivity index (χ4n) is 4.51. The van der Waals surface area contributed by atoms with Gasteiger partial charge in [0.05, 0.1) is 24.0 Å². The number of phenols is 1. The van der Waals surface area contributed by atoms with Gasteiger partial charge in [-0.25, -0.2) is 8.78 Å². The minimum atomic E-state index is -1.15. The third-order valence-electron chi connectivity index (χ3n) is 6.46. The van der Waals surface area contributed by atoms with Gasteiger partial charge in [0, 0.05) is 29.3 Å². The number of aromatic hydroxyl groups is 1. The molecule has 7 nitrogen and oxygen atoms in total. The van der Waals surface area contributed by atoms with Gasteiger partial charge < -0.3 is 10.4 Å². The zero-order chi connectivity index (χ0) is 23.7. The maximum atomic E-state index is 13.5. The van der Waals surface area contributed by atoms with E-state index in [-0.39, 0.29) is 17.5 Å². The van der Waals surface area contributed by atoms with Crippen LogP contribution < -0.4 is 5.32 Å². The van der Waals surface area contributed by atoms with E-state index in [4.69, 9.17) is 5.10 Å². The average Bonchev–Trinajstić information content (AvgIpc) is 3.30. The fraction of sp³-hybridized carbons (Fsp3) is 0.280. The average molecular weight is 463 g/mol. The number of hydrogen-bond donors (Lipinski definition) is 2. The lowest BCUT2D eigenvalue weighted by atomic mass is 9.86. The molecule has 0 bridgehead atoms. The van der Waals surface area contributed by atoms with Crippen LogP contribution in [0.5, 0.6) is 5.75 Å². The van der Waals surface area contributed by atoms with Gasteiger partial charge in [-0.2, -0.15) is 15.3 Å². The highest BCUT2D eigenvalue weighted by molar-refractivity contribution is 5.94. The highest BCUT2D eigenvalue weighted by atomic mass is 19.1. The summed E-state index contributed by atoms with van der Waals surface area (Å²) in [4.78, 5) is 12.3. The van der Waals surface area contributed by atoms with E-state index in [2.05, 4.69) is 39.9 Å². The van der Waals surface area contributed by atoms with Crippen LogP contribution >= 0.6 is 0 Å². The van der Waals surface area contributed by atoms with Crippen molar-refractivity contribution in [2.75, 3.05) is 6.54 Å². The first kappa shape index (κ1) is 21.9. The summed E-state index contributed by atoms with van der Waals surface area (Å²) in [5.41, 5.74) is 2.82. The van der Waals surface area contributed by atoms with Crippen molar-refractivity contribution in [1.82, 2.24) is 25.3 Å². The molecule has 1 saturated carbocycles. The molecule has 1 aliphatic carbocycles. The van der Waals surface area contributed by atoms with Crippen LogP contribution in [-0.2, 0) is 0 Å². The molecule has 0 saturated heterocycles. The lowest BCUT2D eigenvalue weighted by molar-refractivity contribution is 0.0940. The summed E-state index contributed by atoms with van der Waals surface area (Å²) < 4.78 is 29.0. The van der Waals surface area contributed by atoms with Crippen LogP contribution in [0.4, 0.5) is 8.78 Å². The predicted octanol–water partition coefficient (Wildman–Crippen LogP) is 4.64. The molecule has 9 heteroatoms. The lowest BCUT2D eigenvalue weighted by Gasteiger charge is -2.28. The van der Waals surface area contributed by atoms with E-state index in [0.717, 1.165) is 59.8 Å². The molecule has 2 N–H and O–H groups in total. The van der Waals surface area contributed by atoms with E-state index < -0.39 is 23.3 Å². The Morgan fingerprint density at radius 1 is 1.03 bits per heavy atom. The summed E-state index contributed by atoms with van der Waals surface area (Å²) in [6, 6.07) is 10.0. The number of phenolic OH excluding ortho intramolecular Hbond substituents is 1. The Morgan fingerprint density at radius 2 is 1.79 bits per heavy atom. The zero-order valence-corrected chi connectivity index (χ0v) is 18.3. The van der Waals surface area contributed by atoms with Crippen LogP contribution in [0.1, 0.15) is 42.1 Å². The van der Waals surface area contributed by atoms with E-state index in [0.29, 0.717) is 6.54 Å². The van der Waals surface area contributed by atoms with Crippen molar-refractivity contribution in [2.45, 2.75) is 31.7 Å². The second-order valence-electron chi connectivity index (χ2n) is 8.69. The summed E-state index contributed by atoms with van der Waals surface area (Å²) >= 11 is 0. The molecular weight excluding hydrogens is 440 g/mol. The molecule has 0 unspecified atom stereocenters. The number of fused-ring (bicyclic) bond motifs is 1. The summed E-state index contributed by atoms with van der Waals surface area (Å²) in [5, 5.41) is 25.6. The monoisotopic (exact) mass is 463 g/mol. The molecule has 0 atom stereocenters.